The summed E-state index contributed by atoms with van der Waals surface area (Å²) < 4.78 is 11.1. The summed E-state index contributed by atoms with van der Waals surface area (Å²) in [6, 6.07) is 4.31. The van der Waals surface area contributed by atoms with Crippen LogP contribution in [0.15, 0.2) is 24.4 Å². The molecule has 1 aliphatic rings. The molecule has 1 atom stereocenters. The van der Waals surface area contributed by atoms with E-state index in [2.05, 4.69) is 9.97 Å². The van der Waals surface area contributed by atoms with E-state index in [0.29, 0.717) is 36.6 Å². The smallest absolute Gasteiger partial charge is 0.410 e. The Balaban J connectivity index is 1.57. The highest BCUT2D eigenvalue weighted by Crippen LogP contribution is 2.22. The number of aromatic nitrogens is 2. The molecule has 144 valence electrons. The topological polar surface area (TPSA) is 108 Å². The Bertz CT molecular complexity index is 864. The largest absolute Gasteiger partial charge is 0.476 e. The second-order valence-electron chi connectivity index (χ2n) is 7.53. The van der Waals surface area contributed by atoms with Crippen LogP contribution in [0.3, 0.4) is 0 Å². The number of carbonyl (C=O) groups excluding carboxylic acids is 1. The highest BCUT2D eigenvalue weighted by molar-refractivity contribution is 5.77. The molecular weight excluding hydrogens is 352 g/mol. The van der Waals surface area contributed by atoms with Gasteiger partial charge in [0.15, 0.2) is 0 Å². The highest BCUT2D eigenvalue weighted by Gasteiger charge is 2.30. The van der Waals surface area contributed by atoms with Crippen LogP contribution in [0.2, 0.25) is 0 Å². The summed E-state index contributed by atoms with van der Waals surface area (Å²) in [7, 11) is 0. The van der Waals surface area contributed by atoms with Crippen molar-refractivity contribution in [2.24, 2.45) is 5.92 Å². The average Bonchev–Trinajstić information content (AvgIpc) is 3.07. The SMILES string of the molecule is CC(C)(C)OC(=O)N1CC[C@@H](COc2cnc3cc([N+](=O)[O-])ccc3n2)C1. The van der Waals surface area contributed by atoms with Crippen molar-refractivity contribution >= 4 is 22.8 Å². The van der Waals surface area contributed by atoms with E-state index in [4.69, 9.17) is 9.47 Å². The molecule has 1 aromatic carbocycles. The van der Waals surface area contributed by atoms with Gasteiger partial charge in [0, 0.05) is 31.1 Å². The van der Waals surface area contributed by atoms with E-state index in [9.17, 15) is 14.9 Å². The molecule has 0 N–H and O–H groups in total. The molecule has 9 heteroatoms. The monoisotopic (exact) mass is 374 g/mol. The number of likely N-dealkylation sites (tertiary alicyclic amines) is 1. The molecule has 0 radical (unpaired) electrons. The van der Waals surface area contributed by atoms with Crippen molar-refractivity contribution in [3.8, 4) is 5.88 Å². The molecule has 2 heterocycles. The molecular formula is C18H22N4O5. The first kappa shape index (κ1) is 18.8. The summed E-state index contributed by atoms with van der Waals surface area (Å²) in [5, 5.41) is 10.8. The van der Waals surface area contributed by atoms with Gasteiger partial charge in [-0.3, -0.25) is 10.1 Å². The maximum atomic E-state index is 12.1. The van der Waals surface area contributed by atoms with Crippen LogP contribution >= 0.6 is 0 Å². The van der Waals surface area contributed by atoms with Crippen LogP contribution in [0, 0.1) is 16.0 Å². The van der Waals surface area contributed by atoms with Gasteiger partial charge in [0.25, 0.3) is 5.69 Å². The third kappa shape index (κ3) is 4.81. The summed E-state index contributed by atoms with van der Waals surface area (Å²) in [6.45, 7) is 7.14. The number of nitro benzene ring substituents is 1. The molecule has 1 fully saturated rings. The second-order valence-corrected chi connectivity index (χ2v) is 7.53. The van der Waals surface area contributed by atoms with Gasteiger partial charge in [-0.2, -0.15) is 0 Å². The average molecular weight is 374 g/mol. The van der Waals surface area contributed by atoms with E-state index < -0.39 is 10.5 Å². The van der Waals surface area contributed by atoms with Crippen molar-refractivity contribution in [2.75, 3.05) is 19.7 Å². The van der Waals surface area contributed by atoms with E-state index in [1.54, 1.807) is 11.0 Å². The molecule has 2 aromatic rings. The van der Waals surface area contributed by atoms with Gasteiger partial charge < -0.3 is 14.4 Å². The number of amides is 1. The number of rotatable bonds is 4. The first-order chi connectivity index (χ1) is 12.7. The van der Waals surface area contributed by atoms with E-state index >= 15 is 0 Å². The van der Waals surface area contributed by atoms with Gasteiger partial charge in [-0.05, 0) is 33.3 Å². The zero-order valence-corrected chi connectivity index (χ0v) is 15.5. The summed E-state index contributed by atoms with van der Waals surface area (Å²) in [4.78, 5) is 32.6. The van der Waals surface area contributed by atoms with Crippen LogP contribution in [0.4, 0.5) is 10.5 Å². The first-order valence-electron chi connectivity index (χ1n) is 8.73. The van der Waals surface area contributed by atoms with Crippen LogP contribution in [-0.4, -0.2) is 51.2 Å². The van der Waals surface area contributed by atoms with Crippen molar-refractivity contribution in [3.63, 3.8) is 0 Å². The zero-order chi connectivity index (χ0) is 19.6. The van der Waals surface area contributed by atoms with Crippen LogP contribution in [0.5, 0.6) is 5.88 Å². The maximum absolute atomic E-state index is 12.1. The molecule has 1 aromatic heterocycles. The Hall–Kier alpha value is -2.97. The molecule has 0 aliphatic carbocycles. The number of nitrogens with zero attached hydrogens (tertiary/aromatic N) is 4. The maximum Gasteiger partial charge on any atom is 0.410 e. The lowest BCUT2D eigenvalue weighted by atomic mass is 10.1. The molecule has 1 saturated heterocycles. The number of nitro groups is 1. The first-order valence-corrected chi connectivity index (χ1v) is 8.73. The Morgan fingerprint density at radius 1 is 1.37 bits per heavy atom. The fourth-order valence-corrected chi connectivity index (χ4v) is 2.83. The Labute approximate surface area is 156 Å². The highest BCUT2D eigenvalue weighted by atomic mass is 16.6. The fourth-order valence-electron chi connectivity index (χ4n) is 2.83. The molecule has 1 amide bonds. The van der Waals surface area contributed by atoms with Gasteiger partial charge in [-0.1, -0.05) is 0 Å². The molecule has 0 saturated carbocycles. The number of ether oxygens (including phenoxy) is 2. The number of benzene rings is 1. The normalized spacial score (nSPS) is 17.1. The summed E-state index contributed by atoms with van der Waals surface area (Å²) in [5.74, 6) is 0.541. The summed E-state index contributed by atoms with van der Waals surface area (Å²) >= 11 is 0. The number of fused-ring (bicyclic) bond motifs is 1. The van der Waals surface area contributed by atoms with Gasteiger partial charge in [-0.25, -0.2) is 14.8 Å². The van der Waals surface area contributed by atoms with Gasteiger partial charge in [0.05, 0.1) is 28.8 Å². The van der Waals surface area contributed by atoms with Crippen molar-refractivity contribution < 1.29 is 19.2 Å². The molecule has 1 aliphatic heterocycles. The predicted molar refractivity (Wildman–Crippen MR) is 97.6 cm³/mol. The molecule has 27 heavy (non-hydrogen) atoms. The molecule has 0 unspecified atom stereocenters. The minimum absolute atomic E-state index is 0.0290. The van der Waals surface area contributed by atoms with Crippen LogP contribution in [0.25, 0.3) is 11.0 Å². The second kappa shape index (κ2) is 7.34. The molecule has 9 nitrogen and oxygen atoms in total. The van der Waals surface area contributed by atoms with Gasteiger partial charge in [-0.15, -0.1) is 0 Å². The van der Waals surface area contributed by atoms with Gasteiger partial charge >= 0.3 is 6.09 Å². The van der Waals surface area contributed by atoms with E-state index in [1.807, 2.05) is 20.8 Å². The zero-order valence-electron chi connectivity index (χ0n) is 15.5. The van der Waals surface area contributed by atoms with E-state index in [1.165, 1.54) is 18.3 Å². The fraction of sp³-hybridized carbons (Fsp3) is 0.500. The van der Waals surface area contributed by atoms with Crippen molar-refractivity contribution in [1.29, 1.82) is 0 Å². The number of hydrogen-bond donors (Lipinski definition) is 0. The van der Waals surface area contributed by atoms with Crippen LogP contribution in [0.1, 0.15) is 27.2 Å². The quantitative estimate of drug-likeness (QED) is 0.597. The lowest BCUT2D eigenvalue weighted by molar-refractivity contribution is -0.384. The Kier molecular flexibility index (Phi) is 5.11. The Morgan fingerprint density at radius 2 is 2.15 bits per heavy atom. The van der Waals surface area contributed by atoms with Gasteiger partial charge in [0.2, 0.25) is 5.88 Å². The number of hydrogen-bond acceptors (Lipinski definition) is 7. The minimum atomic E-state index is -0.512. The molecule has 0 bridgehead atoms. The van der Waals surface area contributed by atoms with Crippen molar-refractivity contribution in [1.82, 2.24) is 14.9 Å². The predicted octanol–water partition coefficient (Wildman–Crippen LogP) is 3.17. The van der Waals surface area contributed by atoms with Crippen LogP contribution in [-0.2, 0) is 4.74 Å². The molecule has 3 rings (SSSR count). The summed E-state index contributed by atoms with van der Waals surface area (Å²) in [6.07, 6.45) is 1.97. The minimum Gasteiger partial charge on any atom is -0.476 e. The summed E-state index contributed by atoms with van der Waals surface area (Å²) in [5.41, 5.74) is 0.425. The number of carbonyl (C=O) groups is 1. The van der Waals surface area contributed by atoms with E-state index in [-0.39, 0.29) is 17.7 Å². The third-order valence-corrected chi connectivity index (χ3v) is 4.12. The molecule has 0 spiro atoms. The number of non-ortho nitro benzene ring substituents is 1. The van der Waals surface area contributed by atoms with Crippen molar-refractivity contribution in [3.05, 3.63) is 34.5 Å². The lowest BCUT2D eigenvalue weighted by Crippen LogP contribution is -2.35. The lowest BCUT2D eigenvalue weighted by Gasteiger charge is -2.24. The Morgan fingerprint density at radius 3 is 2.85 bits per heavy atom. The van der Waals surface area contributed by atoms with Crippen molar-refractivity contribution in [2.45, 2.75) is 32.8 Å². The standard InChI is InChI=1S/C18H22N4O5/c1-18(2,3)27-17(23)21-7-6-12(10-21)11-26-16-9-19-15-8-13(22(24)25)4-5-14(15)20-16/h4-5,8-9,12H,6-7,10-11H2,1-3H3/t12-/m1/s1. The third-order valence-electron chi connectivity index (χ3n) is 4.12. The van der Waals surface area contributed by atoms with Crippen LogP contribution < -0.4 is 4.74 Å². The van der Waals surface area contributed by atoms with Gasteiger partial charge in [0.1, 0.15) is 5.60 Å². The van der Waals surface area contributed by atoms with E-state index in [0.717, 1.165) is 6.42 Å².